The Balaban J connectivity index is 1.31. The van der Waals surface area contributed by atoms with Crippen molar-refractivity contribution >= 4 is 0 Å². The summed E-state index contributed by atoms with van der Waals surface area (Å²) in [5, 5.41) is 4.14. The number of hydrogen-bond donors (Lipinski definition) is 1. The number of hydrogen-bond acceptors (Lipinski definition) is 1. The molecule has 1 atom stereocenters. The second-order valence-electron chi connectivity index (χ2n) is 8.33. The molecule has 0 amide bonds. The van der Waals surface area contributed by atoms with Crippen LogP contribution in [0.15, 0.2) is 24.3 Å². The van der Waals surface area contributed by atoms with Crippen molar-refractivity contribution in [3.63, 3.8) is 0 Å². The Morgan fingerprint density at radius 3 is 2.19 bits per heavy atom. The second kappa shape index (κ2) is 4.84. The average Bonchev–Trinajstić information content (AvgIpc) is 2.50. The Morgan fingerprint density at radius 2 is 1.48 bits per heavy atom. The van der Waals surface area contributed by atoms with Crippen molar-refractivity contribution in [3.05, 3.63) is 35.4 Å². The van der Waals surface area contributed by atoms with E-state index in [0.717, 1.165) is 35.8 Å². The van der Waals surface area contributed by atoms with E-state index in [1.807, 2.05) is 0 Å². The highest BCUT2D eigenvalue weighted by atomic mass is 15.0. The first-order chi connectivity index (χ1) is 10.3. The molecule has 112 valence electrons. The first kappa shape index (κ1) is 12.7. The van der Waals surface area contributed by atoms with Crippen molar-refractivity contribution < 1.29 is 0 Å². The zero-order chi connectivity index (χ0) is 13.8. The molecule has 1 N–H and O–H groups in total. The van der Waals surface area contributed by atoms with Gasteiger partial charge in [0.2, 0.25) is 0 Å². The number of rotatable bonds is 2. The van der Waals surface area contributed by atoms with Gasteiger partial charge in [0.05, 0.1) is 0 Å². The van der Waals surface area contributed by atoms with Crippen LogP contribution in [0.25, 0.3) is 0 Å². The number of nitrogens with one attached hydrogen (secondary N) is 1. The van der Waals surface area contributed by atoms with Gasteiger partial charge in [-0.1, -0.05) is 24.3 Å². The first-order valence-electron chi connectivity index (χ1n) is 9.18. The van der Waals surface area contributed by atoms with Gasteiger partial charge in [-0.3, -0.25) is 0 Å². The quantitative estimate of drug-likeness (QED) is 0.865. The lowest BCUT2D eigenvalue weighted by Gasteiger charge is -2.55. The maximum atomic E-state index is 4.14. The lowest BCUT2D eigenvalue weighted by Crippen LogP contribution is -2.57. The molecule has 0 aliphatic heterocycles. The zero-order valence-corrected chi connectivity index (χ0v) is 12.9. The Morgan fingerprint density at radius 1 is 0.810 bits per heavy atom. The van der Waals surface area contributed by atoms with E-state index in [2.05, 4.69) is 29.6 Å². The van der Waals surface area contributed by atoms with Gasteiger partial charge >= 0.3 is 0 Å². The van der Waals surface area contributed by atoms with Crippen LogP contribution in [0.2, 0.25) is 0 Å². The smallest absolute Gasteiger partial charge is 0.0127 e. The van der Waals surface area contributed by atoms with Crippen LogP contribution in [-0.2, 0) is 12.8 Å². The fourth-order valence-corrected chi connectivity index (χ4v) is 6.31. The highest BCUT2D eigenvalue weighted by Gasteiger charge is 2.48. The Labute approximate surface area is 128 Å². The van der Waals surface area contributed by atoms with Gasteiger partial charge in [-0.05, 0) is 86.2 Å². The van der Waals surface area contributed by atoms with Crippen LogP contribution in [0, 0.1) is 23.7 Å². The minimum absolute atomic E-state index is 0.738. The molecule has 1 nitrogen and oxygen atoms in total. The Hall–Kier alpha value is -0.820. The molecule has 0 heterocycles. The summed E-state index contributed by atoms with van der Waals surface area (Å²) in [6.07, 6.45) is 11.6. The molecule has 0 radical (unpaired) electrons. The summed E-state index contributed by atoms with van der Waals surface area (Å²) in [5.41, 5.74) is 3.20. The minimum atomic E-state index is 0.738. The largest absolute Gasteiger partial charge is 0.310 e. The van der Waals surface area contributed by atoms with Crippen LogP contribution in [0.4, 0.5) is 0 Å². The molecule has 0 spiro atoms. The molecule has 0 aromatic heterocycles. The van der Waals surface area contributed by atoms with E-state index in [0.29, 0.717) is 0 Å². The topological polar surface area (TPSA) is 12.0 Å². The molecule has 4 bridgehead atoms. The summed E-state index contributed by atoms with van der Waals surface area (Å²) in [5.74, 6) is 4.21. The van der Waals surface area contributed by atoms with Crippen LogP contribution in [0.5, 0.6) is 0 Å². The van der Waals surface area contributed by atoms with Gasteiger partial charge in [-0.2, -0.15) is 0 Å². The zero-order valence-electron chi connectivity index (χ0n) is 12.9. The lowest BCUT2D eigenvalue weighted by molar-refractivity contribution is -0.0182. The molecule has 4 fully saturated rings. The molecule has 1 aromatic carbocycles. The van der Waals surface area contributed by atoms with Crippen LogP contribution < -0.4 is 5.32 Å². The van der Waals surface area contributed by atoms with Gasteiger partial charge in [0.25, 0.3) is 0 Å². The van der Waals surface area contributed by atoms with Gasteiger partial charge in [0, 0.05) is 12.1 Å². The highest BCUT2D eigenvalue weighted by Crippen LogP contribution is 2.53. The van der Waals surface area contributed by atoms with E-state index in [4.69, 9.17) is 0 Å². The van der Waals surface area contributed by atoms with E-state index in [9.17, 15) is 0 Å². The van der Waals surface area contributed by atoms with Crippen LogP contribution in [0.1, 0.15) is 49.7 Å². The predicted octanol–water partition coefficient (Wildman–Crippen LogP) is 3.96. The summed E-state index contributed by atoms with van der Waals surface area (Å²) in [4.78, 5) is 0. The van der Waals surface area contributed by atoms with Crippen molar-refractivity contribution in [1.29, 1.82) is 0 Å². The average molecular weight is 281 g/mol. The molecular weight excluding hydrogens is 254 g/mol. The van der Waals surface area contributed by atoms with Crippen molar-refractivity contribution in [2.75, 3.05) is 0 Å². The Bertz CT molecular complexity index is 506. The SMILES string of the molecule is c1ccc2c(c1)CCC(NC1C3CC4CC(C3)CC1C4)C2. The summed E-state index contributed by atoms with van der Waals surface area (Å²) >= 11 is 0. The molecule has 0 saturated heterocycles. The standard InChI is InChI=1S/C20H27N/c1-2-4-16-12-19(6-5-15(16)3-1)21-20-17-8-13-7-14(10-17)11-18(20)9-13/h1-4,13-14,17-21H,5-12H2. The van der Waals surface area contributed by atoms with Crippen LogP contribution >= 0.6 is 0 Å². The third-order valence-electron chi connectivity index (χ3n) is 7.00. The molecular formula is C20H27N. The van der Waals surface area contributed by atoms with Gasteiger partial charge in [0.15, 0.2) is 0 Å². The summed E-state index contributed by atoms with van der Waals surface area (Å²) in [6.45, 7) is 0. The van der Waals surface area contributed by atoms with Crippen molar-refractivity contribution in [2.24, 2.45) is 23.7 Å². The van der Waals surface area contributed by atoms with Gasteiger partial charge in [-0.15, -0.1) is 0 Å². The third kappa shape index (κ3) is 2.16. The minimum Gasteiger partial charge on any atom is -0.310 e. The first-order valence-corrected chi connectivity index (χ1v) is 9.18. The molecule has 1 heteroatoms. The molecule has 1 unspecified atom stereocenters. The van der Waals surface area contributed by atoms with E-state index in [1.165, 1.54) is 44.9 Å². The van der Waals surface area contributed by atoms with Crippen LogP contribution in [0.3, 0.4) is 0 Å². The second-order valence-corrected chi connectivity index (χ2v) is 8.33. The van der Waals surface area contributed by atoms with E-state index >= 15 is 0 Å². The predicted molar refractivity (Wildman–Crippen MR) is 86.2 cm³/mol. The third-order valence-corrected chi connectivity index (χ3v) is 7.00. The summed E-state index contributed by atoms with van der Waals surface area (Å²) in [7, 11) is 0. The monoisotopic (exact) mass is 281 g/mol. The molecule has 5 aliphatic rings. The maximum Gasteiger partial charge on any atom is 0.0127 e. The molecule has 5 aliphatic carbocycles. The van der Waals surface area contributed by atoms with E-state index in [-0.39, 0.29) is 0 Å². The normalized spacial score (nSPS) is 43.8. The van der Waals surface area contributed by atoms with Crippen molar-refractivity contribution in [1.82, 2.24) is 5.32 Å². The Kier molecular flexibility index (Phi) is 2.93. The van der Waals surface area contributed by atoms with Crippen molar-refractivity contribution in [3.8, 4) is 0 Å². The number of benzene rings is 1. The van der Waals surface area contributed by atoms with Crippen molar-refractivity contribution in [2.45, 2.75) is 63.5 Å². The summed E-state index contributed by atoms with van der Waals surface area (Å²) < 4.78 is 0. The molecule has 1 aromatic rings. The van der Waals surface area contributed by atoms with Gasteiger partial charge < -0.3 is 5.32 Å². The fraction of sp³-hybridized carbons (Fsp3) is 0.700. The van der Waals surface area contributed by atoms with Gasteiger partial charge in [0.1, 0.15) is 0 Å². The van der Waals surface area contributed by atoms with Crippen LogP contribution in [-0.4, -0.2) is 12.1 Å². The number of fused-ring (bicyclic) bond motifs is 1. The molecule has 6 rings (SSSR count). The summed E-state index contributed by atoms with van der Waals surface area (Å²) in [6, 6.07) is 10.7. The molecule has 21 heavy (non-hydrogen) atoms. The van der Waals surface area contributed by atoms with E-state index in [1.54, 1.807) is 17.5 Å². The highest BCUT2D eigenvalue weighted by molar-refractivity contribution is 5.30. The lowest BCUT2D eigenvalue weighted by atomic mass is 9.54. The van der Waals surface area contributed by atoms with Gasteiger partial charge in [-0.25, -0.2) is 0 Å². The fourth-order valence-electron chi connectivity index (χ4n) is 6.31. The van der Waals surface area contributed by atoms with E-state index < -0.39 is 0 Å². The maximum absolute atomic E-state index is 4.14. The molecule has 4 saturated carbocycles. The number of aryl methyl sites for hydroxylation is 1.